The Labute approximate surface area is 142 Å². The first-order valence-corrected chi connectivity index (χ1v) is 9.71. The zero-order chi connectivity index (χ0) is 16.4. The molecule has 3 atom stereocenters. The summed E-state index contributed by atoms with van der Waals surface area (Å²) in [7, 11) is 0. The molecule has 3 aliphatic rings. The van der Waals surface area contributed by atoms with Crippen LogP contribution in [0.3, 0.4) is 0 Å². The lowest BCUT2D eigenvalue weighted by Crippen LogP contribution is -2.52. The van der Waals surface area contributed by atoms with Gasteiger partial charge in [-0.05, 0) is 26.7 Å². The largest absolute Gasteiger partial charge is 0.373 e. The number of hydrogen-bond acceptors (Lipinski definition) is 5. The highest BCUT2D eigenvalue weighted by molar-refractivity contribution is 8.00. The Bertz CT molecular complexity index is 452. The van der Waals surface area contributed by atoms with Gasteiger partial charge in [0, 0.05) is 32.2 Å². The van der Waals surface area contributed by atoms with Crippen LogP contribution in [0.4, 0.5) is 0 Å². The summed E-state index contributed by atoms with van der Waals surface area (Å²) in [6.45, 7) is 8.08. The molecule has 0 radical (unpaired) electrons. The van der Waals surface area contributed by atoms with Gasteiger partial charge in [0.15, 0.2) is 0 Å². The van der Waals surface area contributed by atoms with Gasteiger partial charge in [-0.3, -0.25) is 14.5 Å². The maximum Gasteiger partial charge on any atom is 0.242 e. The van der Waals surface area contributed by atoms with E-state index < -0.39 is 0 Å². The fourth-order valence-electron chi connectivity index (χ4n) is 3.88. The zero-order valence-electron chi connectivity index (χ0n) is 14.1. The molecule has 0 aliphatic carbocycles. The number of ether oxygens (including phenoxy) is 1. The number of likely N-dealkylation sites (tertiary alicyclic amines) is 1. The molecule has 7 heteroatoms. The quantitative estimate of drug-likeness (QED) is 0.750. The molecule has 2 amide bonds. The number of carbonyl (C=O) groups is 2. The van der Waals surface area contributed by atoms with E-state index in [9.17, 15) is 9.59 Å². The van der Waals surface area contributed by atoms with E-state index in [2.05, 4.69) is 18.7 Å². The average molecular weight is 341 g/mol. The molecule has 0 bridgehead atoms. The van der Waals surface area contributed by atoms with E-state index in [-0.39, 0.29) is 36.6 Å². The minimum absolute atomic E-state index is 0.0925. The fraction of sp³-hybridized carbons (Fsp3) is 0.875. The summed E-state index contributed by atoms with van der Waals surface area (Å²) in [4.78, 5) is 30.4. The molecule has 3 aliphatic heterocycles. The third-order valence-electron chi connectivity index (χ3n) is 4.81. The molecule has 130 valence electrons. The summed E-state index contributed by atoms with van der Waals surface area (Å²) >= 11 is 1.59. The molecule has 0 aromatic carbocycles. The molecule has 3 heterocycles. The highest BCUT2D eigenvalue weighted by Crippen LogP contribution is 2.22. The molecular weight excluding hydrogens is 314 g/mol. The summed E-state index contributed by atoms with van der Waals surface area (Å²) in [5.74, 6) is 1.37. The SMILES string of the molecule is CC1CN(CC2CCCN2C(=O)CN2CSCC2=O)CC(C)O1. The molecular formula is C16H27N3O3S. The van der Waals surface area contributed by atoms with Crippen LogP contribution in [0.25, 0.3) is 0 Å². The van der Waals surface area contributed by atoms with Crippen molar-refractivity contribution in [3.8, 4) is 0 Å². The Morgan fingerprint density at radius 3 is 2.70 bits per heavy atom. The third-order valence-corrected chi connectivity index (χ3v) is 5.76. The number of amides is 2. The summed E-state index contributed by atoms with van der Waals surface area (Å²) in [6, 6.07) is 0.283. The van der Waals surface area contributed by atoms with Crippen molar-refractivity contribution < 1.29 is 14.3 Å². The lowest BCUT2D eigenvalue weighted by molar-refractivity contribution is -0.139. The first-order valence-electron chi connectivity index (χ1n) is 8.55. The van der Waals surface area contributed by atoms with Crippen molar-refractivity contribution in [2.75, 3.05) is 44.4 Å². The Morgan fingerprint density at radius 1 is 1.30 bits per heavy atom. The highest BCUT2D eigenvalue weighted by Gasteiger charge is 2.34. The summed E-state index contributed by atoms with van der Waals surface area (Å²) in [5.41, 5.74) is 0. The number of rotatable bonds is 4. The van der Waals surface area contributed by atoms with Gasteiger partial charge in [-0.25, -0.2) is 0 Å². The molecule has 0 saturated carbocycles. The number of nitrogens with zero attached hydrogens (tertiary/aromatic N) is 3. The molecule has 23 heavy (non-hydrogen) atoms. The van der Waals surface area contributed by atoms with Crippen LogP contribution in [-0.4, -0.2) is 89.1 Å². The van der Waals surface area contributed by atoms with Crippen LogP contribution in [0.2, 0.25) is 0 Å². The molecule has 6 nitrogen and oxygen atoms in total. The van der Waals surface area contributed by atoms with E-state index in [4.69, 9.17) is 4.74 Å². The second-order valence-electron chi connectivity index (χ2n) is 6.93. The van der Waals surface area contributed by atoms with Crippen LogP contribution in [0, 0.1) is 0 Å². The van der Waals surface area contributed by atoms with Crippen LogP contribution >= 0.6 is 11.8 Å². The van der Waals surface area contributed by atoms with E-state index in [0.717, 1.165) is 39.0 Å². The van der Waals surface area contributed by atoms with Crippen LogP contribution in [0.5, 0.6) is 0 Å². The molecule has 0 aromatic rings. The lowest BCUT2D eigenvalue weighted by Gasteiger charge is -2.38. The van der Waals surface area contributed by atoms with E-state index in [1.54, 1.807) is 16.7 Å². The smallest absolute Gasteiger partial charge is 0.242 e. The number of carbonyl (C=O) groups excluding carboxylic acids is 2. The first kappa shape index (κ1) is 17.0. The average Bonchev–Trinajstić information content (AvgIpc) is 3.07. The van der Waals surface area contributed by atoms with E-state index in [0.29, 0.717) is 11.6 Å². The maximum atomic E-state index is 12.6. The van der Waals surface area contributed by atoms with E-state index in [1.165, 1.54) is 0 Å². The summed E-state index contributed by atoms with van der Waals surface area (Å²) in [5, 5.41) is 0. The minimum Gasteiger partial charge on any atom is -0.373 e. The van der Waals surface area contributed by atoms with Crippen molar-refractivity contribution in [1.29, 1.82) is 0 Å². The van der Waals surface area contributed by atoms with Gasteiger partial charge in [0.1, 0.15) is 6.54 Å². The van der Waals surface area contributed by atoms with Gasteiger partial charge < -0.3 is 14.5 Å². The predicted octanol–water partition coefficient (Wildman–Crippen LogP) is 0.620. The normalized spacial score (nSPS) is 32.8. The monoisotopic (exact) mass is 341 g/mol. The third kappa shape index (κ3) is 4.19. The Balaban J connectivity index is 1.54. The molecule has 3 saturated heterocycles. The van der Waals surface area contributed by atoms with Gasteiger partial charge in [-0.2, -0.15) is 0 Å². The Kier molecular flexibility index (Phi) is 5.49. The van der Waals surface area contributed by atoms with Gasteiger partial charge >= 0.3 is 0 Å². The molecule has 0 spiro atoms. The van der Waals surface area contributed by atoms with Gasteiger partial charge in [0.25, 0.3) is 0 Å². The second-order valence-corrected chi connectivity index (χ2v) is 7.88. The summed E-state index contributed by atoms with van der Waals surface area (Å²) in [6.07, 6.45) is 2.63. The topological polar surface area (TPSA) is 53.1 Å². The van der Waals surface area contributed by atoms with Crippen LogP contribution in [0.15, 0.2) is 0 Å². The molecule has 0 N–H and O–H groups in total. The molecule has 3 unspecified atom stereocenters. The Hall–Kier alpha value is -0.790. The number of hydrogen-bond donors (Lipinski definition) is 0. The number of thioether (sulfide) groups is 1. The maximum absolute atomic E-state index is 12.6. The van der Waals surface area contributed by atoms with Gasteiger partial charge in [0.2, 0.25) is 11.8 Å². The van der Waals surface area contributed by atoms with Crippen molar-refractivity contribution in [3.63, 3.8) is 0 Å². The van der Waals surface area contributed by atoms with Crippen LogP contribution in [0.1, 0.15) is 26.7 Å². The lowest BCUT2D eigenvalue weighted by atomic mass is 10.1. The molecule has 3 rings (SSSR count). The van der Waals surface area contributed by atoms with Crippen molar-refractivity contribution >= 4 is 23.6 Å². The standard InChI is InChI=1S/C16H27N3O3S/c1-12-6-17(7-13(2)22-12)8-14-4-3-5-19(14)15(20)9-18-11-23-10-16(18)21/h12-14H,3-11H2,1-2H3. The van der Waals surface area contributed by atoms with Crippen molar-refractivity contribution in [2.24, 2.45) is 0 Å². The van der Waals surface area contributed by atoms with Crippen molar-refractivity contribution in [1.82, 2.24) is 14.7 Å². The van der Waals surface area contributed by atoms with Gasteiger partial charge in [-0.1, -0.05) is 0 Å². The predicted molar refractivity (Wildman–Crippen MR) is 90.2 cm³/mol. The number of morpholine rings is 1. The second kappa shape index (κ2) is 7.40. The minimum atomic E-state index is 0.0925. The molecule has 0 aromatic heterocycles. The highest BCUT2D eigenvalue weighted by atomic mass is 32.2. The molecule has 3 fully saturated rings. The van der Waals surface area contributed by atoms with Crippen LogP contribution < -0.4 is 0 Å². The summed E-state index contributed by atoms with van der Waals surface area (Å²) < 4.78 is 5.79. The van der Waals surface area contributed by atoms with Gasteiger partial charge in [0.05, 0.1) is 23.8 Å². The van der Waals surface area contributed by atoms with Crippen molar-refractivity contribution in [3.05, 3.63) is 0 Å². The van der Waals surface area contributed by atoms with E-state index >= 15 is 0 Å². The first-order chi connectivity index (χ1) is 11.0. The van der Waals surface area contributed by atoms with Crippen molar-refractivity contribution in [2.45, 2.75) is 44.9 Å². The van der Waals surface area contributed by atoms with E-state index in [1.807, 2.05) is 4.90 Å². The van der Waals surface area contributed by atoms with Gasteiger partial charge in [-0.15, -0.1) is 11.8 Å². The van der Waals surface area contributed by atoms with Crippen LogP contribution in [-0.2, 0) is 14.3 Å². The zero-order valence-corrected chi connectivity index (χ0v) is 14.9. The fourth-order valence-corrected chi connectivity index (χ4v) is 4.78. The Morgan fingerprint density at radius 2 is 2.04 bits per heavy atom.